The van der Waals surface area contributed by atoms with Crippen molar-refractivity contribution in [1.29, 1.82) is 0 Å². The van der Waals surface area contributed by atoms with E-state index < -0.39 is 12.1 Å². The second kappa shape index (κ2) is 38.8. The Hall–Kier alpha value is -1.65. The van der Waals surface area contributed by atoms with Crippen LogP contribution in [-0.2, 0) is 4.79 Å². The summed E-state index contributed by atoms with van der Waals surface area (Å²) in [6.07, 6.45) is 52.0. The monoisotopic (exact) mass is 658 g/mol. The Bertz CT molecular complexity index is 756. The molecule has 0 spiro atoms. The lowest BCUT2D eigenvalue weighted by Crippen LogP contribution is -2.45. The molecule has 0 bridgehead atoms. The number of nitrogens with one attached hydrogen (secondary N) is 1. The zero-order valence-electron chi connectivity index (χ0n) is 31.3. The van der Waals surface area contributed by atoms with Crippen molar-refractivity contribution in [2.75, 3.05) is 6.61 Å². The molecule has 0 aromatic heterocycles. The summed E-state index contributed by atoms with van der Waals surface area (Å²) in [6.45, 7) is 4.27. The standard InChI is InChI=1S/C43H79NO3/c1-3-5-7-9-11-13-15-17-19-21-22-23-25-27-29-31-33-35-37-39-43(47)44-41(40-45)42(46)38-36-34-32-30-28-26-24-20-18-16-14-12-10-8-6-4-2/h17-20,28,30,36,38,41-42,45-46H,3-16,21-27,29,31-35,37,39-40H2,1-2H3,(H,44,47)/b19-17-,20-18+,30-28+,38-36+. The van der Waals surface area contributed by atoms with Crippen molar-refractivity contribution < 1.29 is 15.0 Å². The van der Waals surface area contributed by atoms with E-state index in [9.17, 15) is 15.0 Å². The lowest BCUT2D eigenvalue weighted by Gasteiger charge is -2.19. The number of carbonyl (C=O) groups excluding carboxylic acids is 1. The first-order chi connectivity index (χ1) is 23.2. The van der Waals surface area contributed by atoms with E-state index in [1.807, 2.05) is 6.08 Å². The van der Waals surface area contributed by atoms with Crippen molar-refractivity contribution >= 4 is 5.91 Å². The molecule has 4 nitrogen and oxygen atoms in total. The molecule has 0 aliphatic rings. The van der Waals surface area contributed by atoms with E-state index in [4.69, 9.17) is 0 Å². The van der Waals surface area contributed by atoms with Crippen molar-refractivity contribution in [2.24, 2.45) is 0 Å². The van der Waals surface area contributed by atoms with Crippen LogP contribution >= 0.6 is 0 Å². The van der Waals surface area contributed by atoms with Gasteiger partial charge in [0, 0.05) is 6.42 Å². The fraction of sp³-hybridized carbons (Fsp3) is 0.791. The van der Waals surface area contributed by atoms with E-state index in [0.29, 0.717) is 6.42 Å². The summed E-state index contributed by atoms with van der Waals surface area (Å²) in [5, 5.41) is 22.9. The number of amides is 1. The first-order valence-corrected chi connectivity index (χ1v) is 20.4. The molecule has 0 aromatic carbocycles. The Balaban J connectivity index is 3.66. The minimum atomic E-state index is -0.870. The molecule has 0 saturated carbocycles. The zero-order chi connectivity index (χ0) is 34.3. The Morgan fingerprint density at radius 3 is 1.23 bits per heavy atom. The highest BCUT2D eigenvalue weighted by Crippen LogP contribution is 2.13. The zero-order valence-corrected chi connectivity index (χ0v) is 31.3. The average molecular weight is 658 g/mol. The van der Waals surface area contributed by atoms with Gasteiger partial charge in [0.25, 0.3) is 0 Å². The van der Waals surface area contributed by atoms with Gasteiger partial charge in [0.15, 0.2) is 0 Å². The van der Waals surface area contributed by atoms with E-state index in [1.165, 1.54) is 141 Å². The predicted octanol–water partition coefficient (Wildman–Crippen LogP) is 12.4. The molecule has 3 N–H and O–H groups in total. The molecule has 0 rings (SSSR count). The highest BCUT2D eigenvalue weighted by Gasteiger charge is 2.17. The summed E-state index contributed by atoms with van der Waals surface area (Å²) in [5.74, 6) is -0.0820. The van der Waals surface area contributed by atoms with Crippen molar-refractivity contribution in [3.63, 3.8) is 0 Å². The van der Waals surface area contributed by atoms with Crippen LogP contribution in [0.15, 0.2) is 48.6 Å². The van der Waals surface area contributed by atoms with Crippen LogP contribution in [0.3, 0.4) is 0 Å². The van der Waals surface area contributed by atoms with Gasteiger partial charge in [-0.3, -0.25) is 4.79 Å². The highest BCUT2D eigenvalue weighted by atomic mass is 16.3. The van der Waals surface area contributed by atoms with Gasteiger partial charge in [-0.25, -0.2) is 0 Å². The Morgan fingerprint density at radius 1 is 0.489 bits per heavy atom. The lowest BCUT2D eigenvalue weighted by atomic mass is 10.0. The minimum Gasteiger partial charge on any atom is -0.394 e. The van der Waals surface area contributed by atoms with Crippen LogP contribution in [-0.4, -0.2) is 34.9 Å². The third-order valence-electron chi connectivity index (χ3n) is 9.01. The molecule has 2 unspecified atom stereocenters. The molecule has 47 heavy (non-hydrogen) atoms. The van der Waals surface area contributed by atoms with Crippen LogP contribution < -0.4 is 5.32 Å². The van der Waals surface area contributed by atoms with Crippen molar-refractivity contribution in [2.45, 2.75) is 212 Å². The SMILES string of the molecule is CCCCCCCC/C=C\CCCCCCCCCCCC(=O)NC(CO)C(O)/C=C/CC/C=C/CC/C=C/CCCCCCCC. The lowest BCUT2D eigenvalue weighted by molar-refractivity contribution is -0.123. The molecule has 0 aliphatic heterocycles. The molecule has 0 aliphatic carbocycles. The van der Waals surface area contributed by atoms with Gasteiger partial charge < -0.3 is 15.5 Å². The molecule has 0 fully saturated rings. The van der Waals surface area contributed by atoms with E-state index in [-0.39, 0.29) is 12.5 Å². The topological polar surface area (TPSA) is 69.6 Å². The highest BCUT2D eigenvalue weighted by molar-refractivity contribution is 5.76. The Kier molecular flexibility index (Phi) is 37.4. The third-order valence-corrected chi connectivity index (χ3v) is 9.01. The summed E-state index contributed by atoms with van der Waals surface area (Å²) in [6, 6.07) is -0.645. The number of aliphatic hydroxyl groups excluding tert-OH is 2. The summed E-state index contributed by atoms with van der Waals surface area (Å²) in [7, 11) is 0. The minimum absolute atomic E-state index is 0.0820. The first-order valence-electron chi connectivity index (χ1n) is 20.4. The van der Waals surface area contributed by atoms with Crippen LogP contribution in [0.5, 0.6) is 0 Å². The van der Waals surface area contributed by atoms with Crippen LogP contribution in [0.1, 0.15) is 200 Å². The number of unbranched alkanes of at least 4 members (excludes halogenated alkanes) is 23. The van der Waals surface area contributed by atoms with Gasteiger partial charge >= 0.3 is 0 Å². The van der Waals surface area contributed by atoms with Gasteiger partial charge in [-0.15, -0.1) is 0 Å². The maximum absolute atomic E-state index is 12.3. The maximum Gasteiger partial charge on any atom is 0.220 e. The summed E-state index contributed by atoms with van der Waals surface area (Å²) >= 11 is 0. The smallest absolute Gasteiger partial charge is 0.220 e. The fourth-order valence-electron chi connectivity index (χ4n) is 5.85. The van der Waals surface area contributed by atoms with Gasteiger partial charge in [-0.05, 0) is 70.6 Å². The van der Waals surface area contributed by atoms with Crippen molar-refractivity contribution in [3.8, 4) is 0 Å². The number of hydrogen-bond donors (Lipinski definition) is 3. The molecule has 0 aromatic rings. The maximum atomic E-state index is 12.3. The number of carbonyl (C=O) groups is 1. The average Bonchev–Trinajstić information content (AvgIpc) is 3.07. The number of rotatable bonds is 36. The summed E-state index contributed by atoms with van der Waals surface area (Å²) in [5.41, 5.74) is 0. The number of aliphatic hydroxyl groups is 2. The van der Waals surface area contributed by atoms with E-state index in [1.54, 1.807) is 6.08 Å². The molecular formula is C43H79NO3. The molecule has 274 valence electrons. The van der Waals surface area contributed by atoms with Gasteiger partial charge in [-0.2, -0.15) is 0 Å². The molecule has 1 amide bonds. The van der Waals surface area contributed by atoms with E-state index in [0.717, 1.165) is 38.5 Å². The Labute approximate surface area is 293 Å². The molecule has 0 saturated heterocycles. The van der Waals surface area contributed by atoms with E-state index >= 15 is 0 Å². The first kappa shape index (κ1) is 45.3. The second-order valence-electron chi connectivity index (χ2n) is 13.7. The van der Waals surface area contributed by atoms with Crippen LogP contribution in [0.4, 0.5) is 0 Å². The van der Waals surface area contributed by atoms with Crippen LogP contribution in [0.25, 0.3) is 0 Å². The number of hydrogen-bond acceptors (Lipinski definition) is 3. The molecular weight excluding hydrogens is 578 g/mol. The molecule has 0 radical (unpaired) electrons. The second-order valence-corrected chi connectivity index (χ2v) is 13.7. The molecule has 0 heterocycles. The van der Waals surface area contributed by atoms with Crippen LogP contribution in [0.2, 0.25) is 0 Å². The summed E-state index contributed by atoms with van der Waals surface area (Å²) < 4.78 is 0. The normalized spacial score (nSPS) is 13.5. The third kappa shape index (κ3) is 35.5. The van der Waals surface area contributed by atoms with Crippen molar-refractivity contribution in [3.05, 3.63) is 48.6 Å². The fourth-order valence-corrected chi connectivity index (χ4v) is 5.85. The molecule has 4 heteroatoms. The Morgan fingerprint density at radius 2 is 0.830 bits per heavy atom. The largest absolute Gasteiger partial charge is 0.394 e. The summed E-state index contributed by atoms with van der Waals surface area (Å²) in [4.78, 5) is 12.3. The quantitative estimate of drug-likeness (QED) is 0.0464. The van der Waals surface area contributed by atoms with Gasteiger partial charge in [-0.1, -0.05) is 172 Å². The van der Waals surface area contributed by atoms with E-state index in [2.05, 4.69) is 55.6 Å². The molecule has 2 atom stereocenters. The number of allylic oxidation sites excluding steroid dienone is 7. The van der Waals surface area contributed by atoms with Crippen LogP contribution in [0, 0.1) is 0 Å². The van der Waals surface area contributed by atoms with Crippen molar-refractivity contribution in [1.82, 2.24) is 5.32 Å². The predicted molar refractivity (Wildman–Crippen MR) is 207 cm³/mol. The van der Waals surface area contributed by atoms with Gasteiger partial charge in [0.2, 0.25) is 5.91 Å². The van der Waals surface area contributed by atoms with Gasteiger partial charge in [0.05, 0.1) is 18.8 Å². The van der Waals surface area contributed by atoms with Gasteiger partial charge in [0.1, 0.15) is 0 Å².